The average Bonchev–Trinajstić information content (AvgIpc) is 2.19. The zero-order chi connectivity index (χ0) is 5.82. The van der Waals surface area contributed by atoms with Crippen LogP contribution in [0.2, 0.25) is 0 Å². The predicted octanol–water partition coefficient (Wildman–Crippen LogP) is 1.88. The lowest BCUT2D eigenvalue weighted by Crippen LogP contribution is -1.96. The number of nitrogens with zero attached hydrogens (tertiary/aromatic N) is 1. The third-order valence-corrected chi connectivity index (χ3v) is 1.63. The van der Waals surface area contributed by atoms with Crippen LogP contribution in [0.4, 0.5) is 0 Å². The van der Waals surface area contributed by atoms with Crippen molar-refractivity contribution in [3.8, 4) is 0 Å². The monoisotopic (exact) mass is 111 g/mol. The zero-order valence-electron chi connectivity index (χ0n) is 5.43. The van der Waals surface area contributed by atoms with Crippen LogP contribution in [0.15, 0.2) is 4.99 Å². The van der Waals surface area contributed by atoms with E-state index in [1.54, 1.807) is 0 Å². The molecule has 0 bridgehead atoms. The number of hydrogen-bond donors (Lipinski definition) is 0. The van der Waals surface area contributed by atoms with Crippen molar-refractivity contribution in [2.24, 2.45) is 10.9 Å². The van der Waals surface area contributed by atoms with Gasteiger partial charge in [-0.05, 0) is 25.0 Å². The second-order valence-corrected chi connectivity index (χ2v) is 2.44. The molecule has 0 aromatic carbocycles. The lowest BCUT2D eigenvalue weighted by molar-refractivity contribution is 0.534. The van der Waals surface area contributed by atoms with Gasteiger partial charge in [0.25, 0.3) is 0 Å². The molecule has 1 aliphatic rings. The summed E-state index contributed by atoms with van der Waals surface area (Å²) in [4.78, 5) is 4.16. The van der Waals surface area contributed by atoms with E-state index in [4.69, 9.17) is 0 Å². The van der Waals surface area contributed by atoms with E-state index in [9.17, 15) is 0 Å². The summed E-state index contributed by atoms with van der Waals surface area (Å²) >= 11 is 0. The van der Waals surface area contributed by atoms with Crippen LogP contribution in [0.1, 0.15) is 26.2 Å². The van der Waals surface area contributed by atoms with Gasteiger partial charge in [-0.15, -0.1) is 0 Å². The van der Waals surface area contributed by atoms with Crippen molar-refractivity contribution in [1.82, 2.24) is 0 Å². The molecule has 0 aromatic heterocycles. The van der Waals surface area contributed by atoms with Crippen LogP contribution in [-0.4, -0.2) is 12.8 Å². The van der Waals surface area contributed by atoms with Crippen molar-refractivity contribution in [2.75, 3.05) is 6.54 Å². The lowest BCUT2D eigenvalue weighted by atomic mass is 10.0. The standard InChI is InChI=1S/C7H13N/c1-2-3-7-4-5-8-6-7/h5,7H,2-4,6H2,1H3. The van der Waals surface area contributed by atoms with Gasteiger partial charge in [0.1, 0.15) is 0 Å². The summed E-state index contributed by atoms with van der Waals surface area (Å²) in [6, 6.07) is 0. The molecule has 0 amide bonds. The highest BCUT2D eigenvalue weighted by atomic mass is 14.7. The Labute approximate surface area is 50.8 Å². The molecule has 1 atom stereocenters. The topological polar surface area (TPSA) is 12.4 Å². The van der Waals surface area contributed by atoms with Gasteiger partial charge in [-0.25, -0.2) is 0 Å². The Morgan fingerprint density at radius 1 is 1.75 bits per heavy atom. The van der Waals surface area contributed by atoms with Crippen LogP contribution >= 0.6 is 0 Å². The fourth-order valence-electron chi connectivity index (χ4n) is 1.14. The molecule has 1 rings (SSSR count). The normalized spacial score (nSPS) is 26.9. The third kappa shape index (κ3) is 1.32. The van der Waals surface area contributed by atoms with Crippen LogP contribution in [0.5, 0.6) is 0 Å². The minimum atomic E-state index is 0.889. The molecule has 1 heteroatoms. The fraction of sp³-hybridized carbons (Fsp3) is 0.857. The van der Waals surface area contributed by atoms with Crippen molar-refractivity contribution in [3.63, 3.8) is 0 Å². The summed E-state index contributed by atoms with van der Waals surface area (Å²) in [6.07, 6.45) is 5.96. The van der Waals surface area contributed by atoms with Gasteiger partial charge >= 0.3 is 0 Å². The van der Waals surface area contributed by atoms with E-state index in [1.807, 2.05) is 0 Å². The molecule has 0 saturated heterocycles. The molecular weight excluding hydrogens is 98.1 g/mol. The van der Waals surface area contributed by atoms with Crippen molar-refractivity contribution >= 4 is 6.21 Å². The minimum absolute atomic E-state index is 0.889. The molecule has 46 valence electrons. The van der Waals surface area contributed by atoms with Crippen LogP contribution < -0.4 is 0 Å². The lowest BCUT2D eigenvalue weighted by Gasteiger charge is -2.02. The Kier molecular flexibility index (Phi) is 2.07. The van der Waals surface area contributed by atoms with Gasteiger partial charge in [0.05, 0.1) is 0 Å². The van der Waals surface area contributed by atoms with Crippen LogP contribution in [0.25, 0.3) is 0 Å². The SMILES string of the molecule is CCCC1CC=NC1. The van der Waals surface area contributed by atoms with Crippen molar-refractivity contribution < 1.29 is 0 Å². The van der Waals surface area contributed by atoms with Gasteiger partial charge in [0.2, 0.25) is 0 Å². The van der Waals surface area contributed by atoms with Gasteiger partial charge in [0, 0.05) is 6.54 Å². The van der Waals surface area contributed by atoms with Crippen LogP contribution in [-0.2, 0) is 0 Å². The summed E-state index contributed by atoms with van der Waals surface area (Å²) in [5.74, 6) is 0.889. The van der Waals surface area contributed by atoms with Crippen molar-refractivity contribution in [2.45, 2.75) is 26.2 Å². The molecule has 0 fully saturated rings. The number of aliphatic imine (C=N–C) groups is 1. The van der Waals surface area contributed by atoms with Crippen LogP contribution in [0.3, 0.4) is 0 Å². The van der Waals surface area contributed by atoms with E-state index in [0.29, 0.717) is 0 Å². The molecule has 1 aliphatic heterocycles. The van der Waals surface area contributed by atoms with Crippen LogP contribution in [0, 0.1) is 5.92 Å². The second-order valence-electron chi connectivity index (χ2n) is 2.44. The molecule has 1 nitrogen and oxygen atoms in total. The summed E-state index contributed by atoms with van der Waals surface area (Å²) in [5.41, 5.74) is 0. The molecular formula is C7H13N. The van der Waals surface area contributed by atoms with E-state index >= 15 is 0 Å². The zero-order valence-corrected chi connectivity index (χ0v) is 5.43. The molecule has 1 heterocycles. The summed E-state index contributed by atoms with van der Waals surface area (Å²) < 4.78 is 0. The highest BCUT2D eigenvalue weighted by Gasteiger charge is 2.08. The maximum Gasteiger partial charge on any atom is 0.0417 e. The largest absolute Gasteiger partial charge is 0.297 e. The summed E-state index contributed by atoms with van der Waals surface area (Å²) in [7, 11) is 0. The fourth-order valence-corrected chi connectivity index (χ4v) is 1.14. The van der Waals surface area contributed by atoms with Gasteiger partial charge in [-0.1, -0.05) is 13.3 Å². The maximum atomic E-state index is 4.16. The Hall–Kier alpha value is -0.330. The first kappa shape index (κ1) is 5.80. The summed E-state index contributed by atoms with van der Waals surface area (Å²) in [5, 5.41) is 0. The van der Waals surface area contributed by atoms with Gasteiger partial charge < -0.3 is 0 Å². The number of hydrogen-bond acceptors (Lipinski definition) is 1. The Bertz CT molecular complexity index is 78.4. The summed E-state index contributed by atoms with van der Waals surface area (Å²) in [6.45, 7) is 3.33. The first-order valence-electron chi connectivity index (χ1n) is 3.41. The van der Waals surface area contributed by atoms with E-state index in [1.165, 1.54) is 19.3 Å². The van der Waals surface area contributed by atoms with Crippen molar-refractivity contribution in [1.29, 1.82) is 0 Å². The quantitative estimate of drug-likeness (QED) is 0.516. The molecule has 0 radical (unpaired) electrons. The minimum Gasteiger partial charge on any atom is -0.297 e. The van der Waals surface area contributed by atoms with Crippen molar-refractivity contribution in [3.05, 3.63) is 0 Å². The Balaban J connectivity index is 2.10. The smallest absolute Gasteiger partial charge is 0.0417 e. The molecule has 0 saturated carbocycles. The molecule has 1 unspecified atom stereocenters. The second kappa shape index (κ2) is 2.85. The Morgan fingerprint density at radius 3 is 3.12 bits per heavy atom. The van der Waals surface area contributed by atoms with E-state index in [2.05, 4.69) is 18.1 Å². The average molecular weight is 111 g/mol. The van der Waals surface area contributed by atoms with Gasteiger partial charge in [-0.2, -0.15) is 0 Å². The van der Waals surface area contributed by atoms with E-state index in [0.717, 1.165) is 12.5 Å². The van der Waals surface area contributed by atoms with Gasteiger partial charge in [0.15, 0.2) is 0 Å². The third-order valence-electron chi connectivity index (χ3n) is 1.63. The molecule has 0 N–H and O–H groups in total. The Morgan fingerprint density at radius 2 is 2.62 bits per heavy atom. The molecule has 0 aliphatic carbocycles. The highest BCUT2D eigenvalue weighted by molar-refractivity contribution is 5.59. The van der Waals surface area contributed by atoms with E-state index < -0.39 is 0 Å². The molecule has 0 aromatic rings. The molecule has 0 spiro atoms. The van der Waals surface area contributed by atoms with E-state index in [-0.39, 0.29) is 0 Å². The maximum absolute atomic E-state index is 4.16. The predicted molar refractivity (Wildman–Crippen MR) is 36.4 cm³/mol. The number of rotatable bonds is 2. The molecule has 8 heavy (non-hydrogen) atoms. The highest BCUT2D eigenvalue weighted by Crippen LogP contribution is 2.13. The first-order valence-corrected chi connectivity index (χ1v) is 3.41. The van der Waals surface area contributed by atoms with Gasteiger partial charge in [-0.3, -0.25) is 4.99 Å². The first-order chi connectivity index (χ1) is 3.93.